The second-order valence-electron chi connectivity index (χ2n) is 5.81. The number of benzene rings is 1. The molecule has 134 valence electrons. The van der Waals surface area contributed by atoms with Gasteiger partial charge in [-0.25, -0.2) is 4.21 Å². The van der Waals surface area contributed by atoms with Crippen molar-refractivity contribution in [1.82, 2.24) is 10.1 Å². The van der Waals surface area contributed by atoms with Gasteiger partial charge < -0.3 is 4.52 Å². The standard InChI is InChI=1S/C15H14F3N3O3S/c1-25(23,21-13(22)10-3-2-4-10)11-7-5-9(6-8-11)12-19-14(24-20-12)15(16,17)18/h5-8,10H,2-4H2,1H3. The van der Waals surface area contributed by atoms with E-state index in [1.807, 2.05) is 0 Å². The number of hydrogen-bond acceptors (Lipinski definition) is 5. The zero-order valence-electron chi connectivity index (χ0n) is 13.1. The Labute approximate surface area is 141 Å². The molecule has 1 heterocycles. The molecule has 1 unspecified atom stereocenters. The summed E-state index contributed by atoms with van der Waals surface area (Å²) in [6.45, 7) is 0. The predicted octanol–water partition coefficient (Wildman–Crippen LogP) is 3.54. The predicted molar refractivity (Wildman–Crippen MR) is 81.8 cm³/mol. The summed E-state index contributed by atoms with van der Waals surface area (Å²) in [4.78, 5) is 15.5. The van der Waals surface area contributed by atoms with E-state index in [-0.39, 0.29) is 23.2 Å². The zero-order chi connectivity index (χ0) is 18.2. The number of hydrogen-bond donors (Lipinski definition) is 0. The molecule has 1 aliphatic rings. The minimum Gasteiger partial charge on any atom is -0.329 e. The molecule has 0 aliphatic heterocycles. The van der Waals surface area contributed by atoms with Crippen molar-refractivity contribution in [3.63, 3.8) is 0 Å². The lowest BCUT2D eigenvalue weighted by molar-refractivity contribution is -0.159. The quantitative estimate of drug-likeness (QED) is 0.821. The molecule has 3 rings (SSSR count). The van der Waals surface area contributed by atoms with Crippen LogP contribution in [0.25, 0.3) is 11.4 Å². The SMILES string of the molecule is CS(=O)(=NC(=O)C1CCC1)c1ccc(-c2noc(C(F)(F)F)n2)cc1. The summed E-state index contributed by atoms with van der Waals surface area (Å²) < 4.78 is 58.1. The van der Waals surface area contributed by atoms with Gasteiger partial charge in [0.15, 0.2) is 0 Å². The Morgan fingerprint density at radius 3 is 2.40 bits per heavy atom. The van der Waals surface area contributed by atoms with Crippen LogP contribution >= 0.6 is 0 Å². The smallest absolute Gasteiger partial charge is 0.329 e. The Balaban J connectivity index is 1.84. The molecule has 1 amide bonds. The van der Waals surface area contributed by atoms with E-state index >= 15 is 0 Å². The van der Waals surface area contributed by atoms with Gasteiger partial charge in [-0.2, -0.15) is 22.5 Å². The second-order valence-corrected chi connectivity index (χ2v) is 8.06. The van der Waals surface area contributed by atoms with Gasteiger partial charge in [-0.3, -0.25) is 4.79 Å². The first-order chi connectivity index (χ1) is 11.7. The molecule has 1 aromatic heterocycles. The van der Waals surface area contributed by atoms with Crippen molar-refractivity contribution < 1.29 is 26.7 Å². The molecule has 1 fully saturated rings. The maximum absolute atomic E-state index is 12.6. The molecule has 1 atom stereocenters. The van der Waals surface area contributed by atoms with E-state index in [0.29, 0.717) is 4.90 Å². The summed E-state index contributed by atoms with van der Waals surface area (Å²) >= 11 is 0. The molecule has 0 bridgehead atoms. The Morgan fingerprint density at radius 2 is 1.92 bits per heavy atom. The number of halogens is 3. The third-order valence-corrected chi connectivity index (χ3v) is 5.61. The number of rotatable bonds is 3. The molecule has 0 spiro atoms. The maximum Gasteiger partial charge on any atom is 0.471 e. The molecule has 10 heteroatoms. The summed E-state index contributed by atoms with van der Waals surface area (Å²) in [5, 5.41) is 3.28. The van der Waals surface area contributed by atoms with Crippen LogP contribution in [0.4, 0.5) is 13.2 Å². The number of carbonyl (C=O) groups excluding carboxylic acids is 1. The van der Waals surface area contributed by atoms with E-state index in [1.54, 1.807) is 0 Å². The lowest BCUT2D eigenvalue weighted by Crippen LogP contribution is -2.21. The van der Waals surface area contributed by atoms with Gasteiger partial charge in [-0.1, -0.05) is 11.6 Å². The maximum atomic E-state index is 12.6. The number of nitrogens with zero attached hydrogens (tertiary/aromatic N) is 3. The van der Waals surface area contributed by atoms with Crippen LogP contribution in [0.15, 0.2) is 38.0 Å². The Kier molecular flexibility index (Phi) is 4.40. The van der Waals surface area contributed by atoms with Crippen molar-refractivity contribution in [3.05, 3.63) is 30.2 Å². The van der Waals surface area contributed by atoms with Gasteiger partial charge in [0.25, 0.3) is 5.91 Å². The normalized spacial score (nSPS) is 17.6. The van der Waals surface area contributed by atoms with Gasteiger partial charge in [0.1, 0.15) is 0 Å². The van der Waals surface area contributed by atoms with Crippen molar-refractivity contribution >= 4 is 15.6 Å². The van der Waals surface area contributed by atoms with E-state index < -0.39 is 21.8 Å². The molecule has 1 aromatic carbocycles. The summed E-state index contributed by atoms with van der Waals surface area (Å²) in [6, 6.07) is 5.68. The molecule has 1 aliphatic carbocycles. The highest BCUT2D eigenvalue weighted by Gasteiger charge is 2.38. The largest absolute Gasteiger partial charge is 0.471 e. The Hall–Kier alpha value is -2.23. The molecule has 0 saturated heterocycles. The van der Waals surface area contributed by atoms with Crippen molar-refractivity contribution in [3.8, 4) is 11.4 Å². The van der Waals surface area contributed by atoms with Crippen molar-refractivity contribution in [2.45, 2.75) is 30.3 Å². The van der Waals surface area contributed by atoms with Crippen LogP contribution in [-0.4, -0.2) is 26.5 Å². The van der Waals surface area contributed by atoms with Gasteiger partial charge in [0.2, 0.25) is 5.82 Å². The summed E-state index contributed by atoms with van der Waals surface area (Å²) in [5.41, 5.74) is 0.267. The highest BCUT2D eigenvalue weighted by atomic mass is 32.2. The number of alkyl halides is 3. The van der Waals surface area contributed by atoms with Crippen molar-refractivity contribution in [1.29, 1.82) is 0 Å². The van der Waals surface area contributed by atoms with Crippen LogP contribution in [0.2, 0.25) is 0 Å². The summed E-state index contributed by atoms with van der Waals surface area (Å²) in [7, 11) is -2.92. The van der Waals surface area contributed by atoms with Crippen LogP contribution in [-0.2, 0) is 20.7 Å². The van der Waals surface area contributed by atoms with Crippen molar-refractivity contribution in [2.75, 3.05) is 6.26 Å². The fraction of sp³-hybridized carbons (Fsp3) is 0.400. The van der Waals surface area contributed by atoms with Gasteiger partial charge in [-0.15, -0.1) is 0 Å². The van der Waals surface area contributed by atoms with Gasteiger partial charge in [-0.05, 0) is 37.1 Å². The highest BCUT2D eigenvalue weighted by Crippen LogP contribution is 2.30. The first-order valence-corrected chi connectivity index (χ1v) is 9.36. The average Bonchev–Trinajstić information content (AvgIpc) is 2.94. The van der Waals surface area contributed by atoms with E-state index in [4.69, 9.17) is 0 Å². The van der Waals surface area contributed by atoms with Crippen LogP contribution in [0.1, 0.15) is 25.2 Å². The molecule has 1 saturated carbocycles. The fourth-order valence-corrected chi connectivity index (χ4v) is 3.51. The first-order valence-electron chi connectivity index (χ1n) is 7.44. The van der Waals surface area contributed by atoms with E-state index in [2.05, 4.69) is 19.0 Å². The van der Waals surface area contributed by atoms with E-state index in [1.165, 1.54) is 30.5 Å². The monoisotopic (exact) mass is 373 g/mol. The summed E-state index contributed by atoms with van der Waals surface area (Å²) in [5.74, 6) is -2.19. The number of aromatic nitrogens is 2. The van der Waals surface area contributed by atoms with Crippen LogP contribution in [0.3, 0.4) is 0 Å². The molecular formula is C15H14F3N3O3S. The highest BCUT2D eigenvalue weighted by molar-refractivity contribution is 7.93. The van der Waals surface area contributed by atoms with Crippen LogP contribution in [0.5, 0.6) is 0 Å². The molecule has 2 aromatic rings. The van der Waals surface area contributed by atoms with Gasteiger partial charge >= 0.3 is 12.1 Å². The minimum absolute atomic E-state index is 0.153. The average molecular weight is 373 g/mol. The number of carbonyl (C=O) groups is 1. The Bertz CT molecular complexity index is 908. The third-order valence-electron chi connectivity index (χ3n) is 3.94. The lowest BCUT2D eigenvalue weighted by Gasteiger charge is -2.21. The first kappa shape index (κ1) is 17.6. The molecular weight excluding hydrogens is 359 g/mol. The Morgan fingerprint density at radius 1 is 1.28 bits per heavy atom. The van der Waals surface area contributed by atoms with Crippen LogP contribution in [0, 0.1) is 5.92 Å². The van der Waals surface area contributed by atoms with Gasteiger partial charge in [0, 0.05) is 22.6 Å². The molecule has 0 radical (unpaired) electrons. The zero-order valence-corrected chi connectivity index (χ0v) is 13.9. The lowest BCUT2D eigenvalue weighted by atomic mass is 9.85. The third kappa shape index (κ3) is 3.73. The van der Waals surface area contributed by atoms with E-state index in [0.717, 1.165) is 19.3 Å². The van der Waals surface area contributed by atoms with Crippen molar-refractivity contribution in [2.24, 2.45) is 10.3 Å². The molecule has 6 nitrogen and oxygen atoms in total. The molecule has 0 N–H and O–H groups in total. The van der Waals surface area contributed by atoms with Crippen LogP contribution < -0.4 is 0 Å². The topological polar surface area (TPSA) is 85.4 Å². The van der Waals surface area contributed by atoms with Gasteiger partial charge in [0.05, 0.1) is 9.73 Å². The minimum atomic E-state index is -4.72. The summed E-state index contributed by atoms with van der Waals surface area (Å²) in [6.07, 6.45) is -0.874. The van der Waals surface area contributed by atoms with E-state index in [9.17, 15) is 22.2 Å². The fourth-order valence-electron chi connectivity index (χ4n) is 2.27. The second kappa shape index (κ2) is 6.25. The number of amides is 1. The molecule has 25 heavy (non-hydrogen) atoms.